The minimum Gasteiger partial charge on any atom is -0.493 e. The summed E-state index contributed by atoms with van der Waals surface area (Å²) in [4.78, 5) is 14.3. The maximum absolute atomic E-state index is 11.3. The topological polar surface area (TPSA) is 89.4 Å². The first kappa shape index (κ1) is 20.3. The van der Waals surface area contributed by atoms with E-state index in [-0.39, 0.29) is 11.7 Å². The summed E-state index contributed by atoms with van der Waals surface area (Å²) in [7, 11) is 3.20. The second-order valence-corrected chi connectivity index (χ2v) is 7.21. The number of H-pyrrole nitrogens is 1. The van der Waals surface area contributed by atoms with Crippen LogP contribution in [0.4, 0.5) is 11.4 Å². The summed E-state index contributed by atoms with van der Waals surface area (Å²) in [5.74, 6) is 1.25. The van der Waals surface area contributed by atoms with E-state index in [4.69, 9.17) is 9.47 Å². The fraction of sp³-hybridized carbons (Fsp3) is 0.167. The molecule has 0 saturated heterocycles. The van der Waals surface area contributed by atoms with Crippen LogP contribution in [0, 0.1) is 17.0 Å². The predicted octanol–water partition coefficient (Wildman–Crippen LogP) is 5.60. The van der Waals surface area contributed by atoms with Gasteiger partial charge in [-0.05, 0) is 36.8 Å². The van der Waals surface area contributed by atoms with Gasteiger partial charge in [0.05, 0.1) is 25.2 Å². The maximum Gasteiger partial charge on any atom is 0.271 e. The number of rotatable bonds is 7. The van der Waals surface area contributed by atoms with E-state index in [1.807, 2.05) is 49.4 Å². The Hall–Kier alpha value is -4.00. The molecule has 158 valence electrons. The Kier molecular flexibility index (Phi) is 5.49. The third-order valence-corrected chi connectivity index (χ3v) is 5.34. The van der Waals surface area contributed by atoms with Gasteiger partial charge in [0.15, 0.2) is 11.5 Å². The van der Waals surface area contributed by atoms with Crippen LogP contribution in [-0.2, 0) is 0 Å². The van der Waals surface area contributed by atoms with Crippen molar-refractivity contribution in [3.63, 3.8) is 0 Å². The maximum atomic E-state index is 11.3. The number of non-ortho nitro benzene ring substituents is 1. The van der Waals surface area contributed by atoms with Crippen LogP contribution < -0.4 is 14.8 Å². The summed E-state index contributed by atoms with van der Waals surface area (Å²) in [5, 5.41) is 15.8. The van der Waals surface area contributed by atoms with Crippen molar-refractivity contribution >= 4 is 22.3 Å². The van der Waals surface area contributed by atoms with Gasteiger partial charge in [0.2, 0.25) is 0 Å². The van der Waals surface area contributed by atoms with Gasteiger partial charge in [-0.3, -0.25) is 10.1 Å². The number of nitrogens with one attached hydrogen (secondary N) is 2. The fourth-order valence-corrected chi connectivity index (χ4v) is 3.90. The van der Waals surface area contributed by atoms with Crippen LogP contribution >= 0.6 is 0 Å². The molecule has 0 saturated carbocycles. The van der Waals surface area contributed by atoms with Crippen molar-refractivity contribution in [2.24, 2.45) is 0 Å². The van der Waals surface area contributed by atoms with E-state index >= 15 is 0 Å². The van der Waals surface area contributed by atoms with Gasteiger partial charge in [-0.1, -0.05) is 30.3 Å². The highest BCUT2D eigenvalue weighted by atomic mass is 16.6. The summed E-state index contributed by atoms with van der Waals surface area (Å²) in [5.41, 5.74) is 4.73. The molecule has 31 heavy (non-hydrogen) atoms. The molecule has 0 aliphatic rings. The summed E-state index contributed by atoms with van der Waals surface area (Å²) in [6.07, 6.45) is 0. The van der Waals surface area contributed by atoms with Gasteiger partial charge < -0.3 is 19.8 Å². The monoisotopic (exact) mass is 417 g/mol. The molecule has 0 aliphatic carbocycles. The zero-order valence-corrected chi connectivity index (χ0v) is 17.5. The number of fused-ring (bicyclic) bond motifs is 1. The van der Waals surface area contributed by atoms with Gasteiger partial charge in [0.25, 0.3) is 5.69 Å². The van der Waals surface area contributed by atoms with Crippen molar-refractivity contribution in [3.8, 4) is 11.5 Å². The summed E-state index contributed by atoms with van der Waals surface area (Å²) < 4.78 is 10.9. The Balaban J connectivity index is 1.88. The second kappa shape index (κ2) is 8.39. The number of hydrogen-bond acceptors (Lipinski definition) is 5. The van der Waals surface area contributed by atoms with Crippen molar-refractivity contribution in [2.45, 2.75) is 13.0 Å². The second-order valence-electron chi connectivity index (χ2n) is 7.21. The van der Waals surface area contributed by atoms with Crippen molar-refractivity contribution in [3.05, 3.63) is 93.7 Å². The first-order valence-electron chi connectivity index (χ1n) is 9.82. The minimum atomic E-state index is -0.395. The van der Waals surface area contributed by atoms with E-state index in [9.17, 15) is 10.1 Å². The number of methoxy groups -OCH3 is 2. The van der Waals surface area contributed by atoms with E-state index in [0.717, 1.165) is 27.7 Å². The van der Waals surface area contributed by atoms with Crippen LogP contribution in [-0.4, -0.2) is 24.1 Å². The largest absolute Gasteiger partial charge is 0.493 e. The number of ether oxygens (including phenoxy) is 2. The minimum absolute atomic E-state index is 0.0340. The highest BCUT2D eigenvalue weighted by Gasteiger charge is 2.23. The lowest BCUT2D eigenvalue weighted by atomic mass is 9.95. The molecule has 0 amide bonds. The molecule has 1 unspecified atom stereocenters. The van der Waals surface area contributed by atoms with Crippen molar-refractivity contribution < 1.29 is 14.4 Å². The highest BCUT2D eigenvalue weighted by Crippen LogP contribution is 2.38. The van der Waals surface area contributed by atoms with Crippen LogP contribution in [0.25, 0.3) is 10.9 Å². The molecule has 7 heteroatoms. The molecule has 4 aromatic rings. The quantitative estimate of drug-likeness (QED) is 0.302. The van der Waals surface area contributed by atoms with Crippen LogP contribution in [0.15, 0.2) is 66.7 Å². The number of aromatic nitrogens is 1. The van der Waals surface area contributed by atoms with E-state index in [1.54, 1.807) is 20.3 Å². The molecule has 0 spiro atoms. The lowest BCUT2D eigenvalue weighted by Gasteiger charge is -2.22. The SMILES string of the molecule is COc1ccc(C(Nc2cccc([N+](=O)[O-])c2)c2c(C)[nH]c3ccccc23)cc1OC. The third-order valence-electron chi connectivity index (χ3n) is 5.34. The first-order chi connectivity index (χ1) is 15.0. The zero-order chi connectivity index (χ0) is 22.0. The van der Waals surface area contributed by atoms with Crippen LogP contribution in [0.5, 0.6) is 11.5 Å². The van der Waals surface area contributed by atoms with Gasteiger partial charge in [-0.2, -0.15) is 0 Å². The summed E-state index contributed by atoms with van der Waals surface area (Å²) in [6, 6.07) is 20.1. The average Bonchev–Trinajstić information content (AvgIpc) is 3.12. The van der Waals surface area contributed by atoms with Gasteiger partial charge in [0, 0.05) is 40.0 Å². The Bertz CT molecular complexity index is 1250. The number of benzene rings is 3. The highest BCUT2D eigenvalue weighted by molar-refractivity contribution is 5.86. The smallest absolute Gasteiger partial charge is 0.271 e. The molecule has 0 bridgehead atoms. The Morgan fingerprint density at radius 3 is 2.48 bits per heavy atom. The number of aryl methyl sites for hydroxylation is 1. The molecule has 3 aromatic carbocycles. The van der Waals surface area contributed by atoms with Crippen LogP contribution in [0.2, 0.25) is 0 Å². The Labute approximate surface area is 179 Å². The van der Waals surface area contributed by atoms with Gasteiger partial charge >= 0.3 is 0 Å². The van der Waals surface area contributed by atoms with Crippen LogP contribution in [0.1, 0.15) is 22.9 Å². The molecule has 1 aromatic heterocycles. The van der Waals surface area contributed by atoms with Crippen molar-refractivity contribution in [2.75, 3.05) is 19.5 Å². The van der Waals surface area contributed by atoms with Crippen LogP contribution in [0.3, 0.4) is 0 Å². The number of anilines is 1. The molecule has 0 radical (unpaired) electrons. The third kappa shape index (κ3) is 3.90. The molecule has 1 atom stereocenters. The van der Waals surface area contributed by atoms with Gasteiger partial charge in [-0.15, -0.1) is 0 Å². The predicted molar refractivity (Wildman–Crippen MR) is 121 cm³/mol. The van der Waals surface area contributed by atoms with E-state index < -0.39 is 4.92 Å². The first-order valence-corrected chi connectivity index (χ1v) is 9.82. The number of para-hydroxylation sites is 1. The molecule has 2 N–H and O–H groups in total. The molecule has 0 aliphatic heterocycles. The number of nitro benzene ring substituents is 1. The van der Waals surface area contributed by atoms with E-state index in [2.05, 4.69) is 16.4 Å². The lowest BCUT2D eigenvalue weighted by Crippen LogP contribution is -2.13. The standard InChI is InChI=1S/C24H23N3O4/c1-15-23(19-9-4-5-10-20(19)25-15)24(16-11-12-21(30-2)22(13-16)31-3)26-17-7-6-8-18(14-17)27(28)29/h4-14,24-26H,1-3H3. The average molecular weight is 417 g/mol. The van der Waals surface area contributed by atoms with E-state index in [1.165, 1.54) is 12.1 Å². The van der Waals surface area contributed by atoms with Crippen molar-refractivity contribution in [1.29, 1.82) is 0 Å². The molecule has 1 heterocycles. The molecule has 4 rings (SSSR count). The lowest BCUT2D eigenvalue weighted by molar-refractivity contribution is -0.384. The number of aromatic amines is 1. The van der Waals surface area contributed by atoms with Gasteiger partial charge in [-0.25, -0.2) is 0 Å². The summed E-state index contributed by atoms with van der Waals surface area (Å²) in [6.45, 7) is 2.03. The molecule has 7 nitrogen and oxygen atoms in total. The number of nitrogens with zero attached hydrogens (tertiary/aromatic N) is 1. The molecular formula is C24H23N3O4. The zero-order valence-electron chi connectivity index (χ0n) is 17.5. The van der Waals surface area contributed by atoms with Crippen molar-refractivity contribution in [1.82, 2.24) is 4.98 Å². The van der Waals surface area contributed by atoms with Gasteiger partial charge in [0.1, 0.15) is 0 Å². The van der Waals surface area contributed by atoms with E-state index in [0.29, 0.717) is 17.2 Å². The number of nitro groups is 1. The molecular weight excluding hydrogens is 394 g/mol. The summed E-state index contributed by atoms with van der Waals surface area (Å²) >= 11 is 0. The molecule has 0 fully saturated rings. The Morgan fingerprint density at radius 2 is 1.74 bits per heavy atom. The fourth-order valence-electron chi connectivity index (χ4n) is 3.90. The normalized spacial score (nSPS) is 11.8. The Morgan fingerprint density at radius 1 is 0.968 bits per heavy atom. The number of hydrogen-bond donors (Lipinski definition) is 2.